The van der Waals surface area contributed by atoms with Gasteiger partial charge in [-0.2, -0.15) is 0 Å². The summed E-state index contributed by atoms with van der Waals surface area (Å²) < 4.78 is 31.8. The van der Waals surface area contributed by atoms with Crippen molar-refractivity contribution < 1.29 is 63.6 Å². The number of Topliss-reactive ketones (excluding diaryl/α,β-unsaturated/α-hetero) is 1. The molecule has 7 aliphatic rings. The van der Waals surface area contributed by atoms with Gasteiger partial charge in [0.25, 0.3) is 0 Å². The first-order chi connectivity index (χ1) is 33.6. The van der Waals surface area contributed by atoms with Gasteiger partial charge in [-0.1, -0.05) is 23.8 Å². The second-order valence-electron chi connectivity index (χ2n) is 20.0. The summed E-state index contributed by atoms with van der Waals surface area (Å²) in [5.74, 6) is -3.99. The molecule has 10 rings (SSSR count). The highest BCUT2D eigenvalue weighted by Crippen LogP contribution is 2.63. The zero-order valence-corrected chi connectivity index (χ0v) is 39.4. The van der Waals surface area contributed by atoms with Crippen molar-refractivity contribution in [3.8, 4) is 17.2 Å². The first kappa shape index (κ1) is 47.5. The Morgan fingerprint density at radius 3 is 2.67 bits per heavy atom. The lowest BCUT2D eigenvalue weighted by Gasteiger charge is -2.59. The van der Waals surface area contributed by atoms with Gasteiger partial charge in [0.1, 0.15) is 28.6 Å². The number of methoxy groups -OCH3 is 1. The maximum Gasteiger partial charge on any atom is 0.375 e. The Morgan fingerprint density at radius 1 is 1.06 bits per heavy atom. The molecule has 0 amide bonds. The van der Waals surface area contributed by atoms with Crippen molar-refractivity contribution in [2.24, 2.45) is 35.5 Å². The van der Waals surface area contributed by atoms with E-state index in [0.717, 1.165) is 48.1 Å². The van der Waals surface area contributed by atoms with Crippen molar-refractivity contribution in [1.82, 2.24) is 9.88 Å². The van der Waals surface area contributed by atoms with Crippen LogP contribution in [0.1, 0.15) is 79.2 Å². The highest BCUT2D eigenvalue weighted by Gasteiger charge is 2.67. The van der Waals surface area contributed by atoms with Crippen LogP contribution in [0.5, 0.6) is 17.2 Å². The molecule has 1 saturated carbocycles. The lowest BCUT2D eigenvalue weighted by Crippen LogP contribution is -2.70. The third-order valence-electron chi connectivity index (χ3n) is 16.4. The third-order valence-corrected chi connectivity index (χ3v) is 16.4. The van der Waals surface area contributed by atoms with Crippen LogP contribution in [0.25, 0.3) is 16.5 Å². The molecule has 1 spiro atoms. The van der Waals surface area contributed by atoms with Gasteiger partial charge >= 0.3 is 5.97 Å². The summed E-state index contributed by atoms with van der Waals surface area (Å²) in [4.78, 5) is 48.1. The van der Waals surface area contributed by atoms with E-state index in [2.05, 4.69) is 22.0 Å². The van der Waals surface area contributed by atoms with Gasteiger partial charge in [0.15, 0.2) is 11.9 Å². The van der Waals surface area contributed by atoms with E-state index in [9.17, 15) is 39.9 Å². The van der Waals surface area contributed by atoms with E-state index < -0.39 is 59.8 Å². The minimum atomic E-state index is -1.53. The molecule has 4 aliphatic heterocycles. The second kappa shape index (κ2) is 19.2. The fraction of sp³-hybridized carbons (Fsp3) is 0.537. The Morgan fingerprint density at radius 2 is 1.91 bits per heavy atom. The predicted molar refractivity (Wildman–Crippen MR) is 253 cm³/mol. The monoisotopic (exact) mass is 948 g/mol. The molecule has 2 bridgehead atoms. The number of fused-ring (bicyclic) bond motifs is 11. The molecule has 9 atom stereocenters. The van der Waals surface area contributed by atoms with Crippen LogP contribution in [0.15, 0.2) is 65.6 Å². The van der Waals surface area contributed by atoms with Crippen LogP contribution in [0.3, 0.4) is 0 Å². The number of hydrogen-bond donors (Lipinski definition) is 6. The average molecular weight is 949 g/mol. The zero-order chi connectivity index (χ0) is 48.2. The van der Waals surface area contributed by atoms with Crippen LogP contribution in [0.2, 0.25) is 0 Å². The number of aromatic nitrogens is 1. The number of aldehydes is 1. The van der Waals surface area contributed by atoms with Crippen molar-refractivity contribution >= 4 is 34.5 Å². The summed E-state index contributed by atoms with van der Waals surface area (Å²) in [6.07, 6.45) is 13.8. The van der Waals surface area contributed by atoms with Crippen LogP contribution in [0.4, 0.5) is 0 Å². The average Bonchev–Trinajstić information content (AvgIpc) is 3.99. The number of benzene rings is 2. The predicted octanol–water partition coefficient (Wildman–Crippen LogP) is 4.64. The van der Waals surface area contributed by atoms with Crippen LogP contribution in [0, 0.1) is 35.5 Å². The lowest BCUT2D eigenvalue weighted by molar-refractivity contribution is -0.196. The summed E-state index contributed by atoms with van der Waals surface area (Å²) in [6, 6.07) is 5.98. The van der Waals surface area contributed by atoms with E-state index in [1.54, 1.807) is 14.0 Å². The number of aromatic amines is 1. The summed E-state index contributed by atoms with van der Waals surface area (Å²) >= 11 is 0. The standard InChI is InChI=1S/C54H64N2O13/c1-3-66-52(63)51-40(27-60)45-35-19-36(26-59)47(62)38(21-35)37-20-33-10-14-55-44(33)22-32(37)6-5-30(25-58)29-67-49-39-23-53(69-48(39)41(28-61)50(68-51)46(45)49)13-9-31(12-17-57)42-8-7-34-24-56(15-4-18-65-2)16-11-43(34)54(42,53)64/h7-10,13-14,20,22,27,30-31,34,36,38,42-43,55,57-59,61,64H,3-6,11-12,15-19,21,23-26,28-29H2,1-2H3. The first-order valence-electron chi connectivity index (χ1n) is 24.8. The molecule has 1 saturated heterocycles. The number of aryl methyl sites for hydroxylation is 1. The molecule has 2 aromatic carbocycles. The molecule has 9 unspecified atom stereocenters. The van der Waals surface area contributed by atoms with Crippen molar-refractivity contribution in [2.75, 3.05) is 66.4 Å². The normalized spacial score (nSPS) is 30.5. The van der Waals surface area contributed by atoms with E-state index >= 15 is 0 Å². The quantitative estimate of drug-likeness (QED) is 0.0631. The highest BCUT2D eigenvalue weighted by molar-refractivity contribution is 6.11. The number of likely N-dealkylation sites (tertiary alicyclic amines) is 1. The van der Waals surface area contributed by atoms with E-state index in [1.165, 1.54) is 0 Å². The van der Waals surface area contributed by atoms with Crippen LogP contribution < -0.4 is 14.2 Å². The van der Waals surface area contributed by atoms with E-state index in [0.29, 0.717) is 49.7 Å². The maximum atomic E-state index is 14.6. The number of aliphatic hydroxyl groups excluding tert-OH is 4. The number of carbonyl (C=O) groups excluding carboxylic acids is 3. The van der Waals surface area contributed by atoms with Gasteiger partial charge in [0.2, 0.25) is 5.76 Å². The van der Waals surface area contributed by atoms with Crippen LogP contribution >= 0.6 is 0 Å². The highest BCUT2D eigenvalue weighted by atomic mass is 16.6. The molecule has 3 aliphatic carbocycles. The number of nitrogens with zero attached hydrogens (tertiary/aromatic N) is 1. The molecule has 15 nitrogen and oxygen atoms in total. The molecular formula is C54H64N2O13. The smallest absolute Gasteiger partial charge is 0.375 e. The number of carbonyl (C=O) groups is 3. The van der Waals surface area contributed by atoms with Crippen molar-refractivity contribution in [3.63, 3.8) is 0 Å². The van der Waals surface area contributed by atoms with E-state index in [-0.39, 0.29) is 109 Å². The Bertz CT molecular complexity index is 2650. The number of nitrogens with one attached hydrogen (secondary N) is 1. The van der Waals surface area contributed by atoms with Crippen LogP contribution in [-0.4, -0.2) is 131 Å². The minimum Gasteiger partial charge on any atom is -0.492 e. The minimum absolute atomic E-state index is 0.00366. The number of aliphatic hydroxyl groups is 5. The molecule has 1 aromatic heterocycles. The van der Waals surface area contributed by atoms with Gasteiger partial charge in [-0.15, -0.1) is 0 Å². The topological polar surface area (TPSA) is 218 Å². The number of ketones is 1. The van der Waals surface area contributed by atoms with Gasteiger partial charge < -0.3 is 59.1 Å². The SMILES string of the molecule is CCOC(=O)C1=C(C=O)C2=C3CC(CO)C(=O)C(C3)c3cc4cc[nH]c4cc3CCC(CO)COc3c4c(c(CO)c(c32)O1)OC1(C=CC(CCO)C2C=CC3CN(CCCOC)CCC3C21O)C4. The third kappa shape index (κ3) is 7.79. The zero-order valence-electron chi connectivity index (χ0n) is 39.4. The Hall–Kier alpha value is -5.13. The fourth-order valence-corrected chi connectivity index (χ4v) is 13.1. The number of esters is 1. The van der Waals surface area contributed by atoms with Gasteiger partial charge in [-0.05, 0) is 111 Å². The van der Waals surface area contributed by atoms with Crippen molar-refractivity contribution in [2.45, 2.75) is 82.0 Å². The van der Waals surface area contributed by atoms with E-state index in [4.69, 9.17) is 23.7 Å². The van der Waals surface area contributed by atoms with Gasteiger partial charge in [0, 0.05) is 98.9 Å². The Balaban J connectivity index is 1.20. The summed E-state index contributed by atoms with van der Waals surface area (Å²) in [5, 5.41) is 58.7. The molecule has 0 radical (unpaired) electrons. The van der Waals surface area contributed by atoms with Crippen molar-refractivity contribution in [3.05, 3.63) is 93.4 Å². The number of piperidine rings is 1. The number of hydrogen-bond acceptors (Lipinski definition) is 14. The summed E-state index contributed by atoms with van der Waals surface area (Å²) in [5.41, 5.74) is 1.34. The summed E-state index contributed by atoms with van der Waals surface area (Å²) in [7, 11) is 1.70. The molecule has 6 N–H and O–H groups in total. The number of ether oxygens (including phenoxy) is 5. The largest absolute Gasteiger partial charge is 0.492 e. The molecule has 5 heterocycles. The molecular weight excluding hydrogens is 885 g/mol. The first-order valence-corrected chi connectivity index (χ1v) is 24.8. The Kier molecular flexibility index (Phi) is 13.2. The lowest BCUT2D eigenvalue weighted by atomic mass is 9.52. The maximum absolute atomic E-state index is 14.6. The van der Waals surface area contributed by atoms with Crippen molar-refractivity contribution in [1.29, 1.82) is 0 Å². The van der Waals surface area contributed by atoms with Gasteiger partial charge in [0.05, 0.1) is 43.1 Å². The molecule has 3 aromatic rings. The molecule has 2 fully saturated rings. The Labute approximate surface area is 401 Å². The second-order valence-corrected chi connectivity index (χ2v) is 20.0. The van der Waals surface area contributed by atoms with Gasteiger partial charge in [-0.3, -0.25) is 9.59 Å². The van der Waals surface area contributed by atoms with Crippen LogP contribution in [-0.2, 0) is 43.3 Å². The van der Waals surface area contributed by atoms with E-state index in [1.807, 2.05) is 36.5 Å². The van der Waals surface area contributed by atoms with Gasteiger partial charge in [-0.25, -0.2) is 4.79 Å². The number of H-pyrrole nitrogens is 1. The fourth-order valence-electron chi connectivity index (χ4n) is 13.1. The molecule has 15 heteroatoms. The number of rotatable bonds is 12. The molecule has 368 valence electrons. The molecule has 69 heavy (non-hydrogen) atoms. The number of allylic oxidation sites excluding steroid dienone is 4. The summed E-state index contributed by atoms with van der Waals surface area (Å²) in [6.45, 7) is 3.16.